The lowest BCUT2D eigenvalue weighted by Crippen LogP contribution is -2.53. The molecule has 1 amide bonds. The largest absolute Gasteiger partial charge is 0.377 e. The molecule has 2 unspecified atom stereocenters. The molecule has 2 atom stereocenters. The third-order valence-electron chi connectivity index (χ3n) is 7.52. The molecule has 5 rings (SSSR count). The van der Waals surface area contributed by atoms with Gasteiger partial charge in [0.1, 0.15) is 17.0 Å². The van der Waals surface area contributed by atoms with Gasteiger partial charge in [-0.15, -0.1) is 0 Å². The highest BCUT2D eigenvalue weighted by Crippen LogP contribution is 2.30. The highest BCUT2D eigenvalue weighted by Gasteiger charge is 2.28. The minimum Gasteiger partial charge on any atom is -0.377 e. The van der Waals surface area contributed by atoms with E-state index in [-0.39, 0.29) is 34.4 Å². The topological polar surface area (TPSA) is 132 Å². The number of aryl methyl sites for hydroxylation is 1. The van der Waals surface area contributed by atoms with E-state index in [1.54, 1.807) is 42.3 Å². The van der Waals surface area contributed by atoms with Crippen LogP contribution in [0.2, 0.25) is 5.15 Å². The molecule has 4 aromatic rings. The molecule has 1 saturated heterocycles. The van der Waals surface area contributed by atoms with Gasteiger partial charge in [0, 0.05) is 50.7 Å². The SMILES string of the molecule is CSNC(=O)c1nc(Cl)ccc1NC(C)c1cc(C)cc2c(=O)n(C)c(N3CCN(c4ccc(C#N)cn4)C(C)C3)nc12. The van der Waals surface area contributed by atoms with Crippen molar-refractivity contribution < 1.29 is 4.79 Å². The van der Waals surface area contributed by atoms with E-state index in [0.29, 0.717) is 47.7 Å². The van der Waals surface area contributed by atoms with Gasteiger partial charge in [-0.1, -0.05) is 29.6 Å². The Hall–Kier alpha value is -4.34. The summed E-state index contributed by atoms with van der Waals surface area (Å²) < 4.78 is 4.31. The molecule has 1 aliphatic heterocycles. The maximum absolute atomic E-state index is 13.7. The molecule has 43 heavy (non-hydrogen) atoms. The molecule has 1 aromatic carbocycles. The smallest absolute Gasteiger partial charge is 0.281 e. The van der Waals surface area contributed by atoms with Crippen molar-refractivity contribution in [1.29, 1.82) is 5.26 Å². The second kappa shape index (κ2) is 12.5. The van der Waals surface area contributed by atoms with Crippen molar-refractivity contribution in [3.05, 3.63) is 80.5 Å². The molecular formula is C30H32ClN9O2S. The second-order valence-electron chi connectivity index (χ2n) is 10.6. The Balaban J connectivity index is 1.49. The Kier molecular flexibility index (Phi) is 8.75. The summed E-state index contributed by atoms with van der Waals surface area (Å²) in [5.74, 6) is 1.03. The first kappa shape index (κ1) is 30.1. The lowest BCUT2D eigenvalue weighted by atomic mass is 10.0. The fourth-order valence-corrected chi connectivity index (χ4v) is 5.86. The number of anilines is 3. The van der Waals surface area contributed by atoms with Gasteiger partial charge in [0.05, 0.1) is 28.2 Å². The van der Waals surface area contributed by atoms with Crippen molar-refractivity contribution in [2.45, 2.75) is 32.9 Å². The summed E-state index contributed by atoms with van der Waals surface area (Å²) in [6.45, 7) is 7.96. The van der Waals surface area contributed by atoms with Crippen LogP contribution in [0.4, 0.5) is 17.5 Å². The quantitative estimate of drug-likeness (QED) is 0.226. The van der Waals surface area contributed by atoms with Crippen molar-refractivity contribution >= 4 is 57.8 Å². The van der Waals surface area contributed by atoms with Crippen LogP contribution in [-0.4, -0.2) is 57.4 Å². The van der Waals surface area contributed by atoms with Crippen LogP contribution in [-0.2, 0) is 7.05 Å². The molecule has 2 N–H and O–H groups in total. The molecule has 0 saturated carbocycles. The average Bonchev–Trinajstić information content (AvgIpc) is 2.99. The number of hydrogen-bond acceptors (Lipinski definition) is 10. The lowest BCUT2D eigenvalue weighted by Gasteiger charge is -2.41. The molecule has 222 valence electrons. The van der Waals surface area contributed by atoms with E-state index in [9.17, 15) is 9.59 Å². The van der Waals surface area contributed by atoms with E-state index in [1.807, 2.05) is 32.0 Å². The van der Waals surface area contributed by atoms with Crippen LogP contribution in [0.25, 0.3) is 10.9 Å². The van der Waals surface area contributed by atoms with Crippen LogP contribution in [0.1, 0.15) is 47.1 Å². The predicted molar refractivity (Wildman–Crippen MR) is 172 cm³/mol. The third kappa shape index (κ3) is 6.09. The number of piperazine rings is 1. The molecule has 0 spiro atoms. The monoisotopic (exact) mass is 617 g/mol. The Bertz CT molecular complexity index is 1790. The number of nitrogens with one attached hydrogen (secondary N) is 2. The zero-order chi connectivity index (χ0) is 30.8. The van der Waals surface area contributed by atoms with Crippen LogP contribution < -0.4 is 25.4 Å². The fraction of sp³-hybridized carbons (Fsp3) is 0.333. The predicted octanol–water partition coefficient (Wildman–Crippen LogP) is 4.45. The highest BCUT2D eigenvalue weighted by atomic mass is 35.5. The summed E-state index contributed by atoms with van der Waals surface area (Å²) in [7, 11) is 1.75. The summed E-state index contributed by atoms with van der Waals surface area (Å²) in [6, 6.07) is 12.7. The first-order valence-corrected chi connectivity index (χ1v) is 15.4. The van der Waals surface area contributed by atoms with Gasteiger partial charge in [-0.2, -0.15) is 5.26 Å². The molecule has 1 aliphatic rings. The van der Waals surface area contributed by atoms with E-state index in [4.69, 9.17) is 21.8 Å². The van der Waals surface area contributed by atoms with Crippen molar-refractivity contribution in [2.24, 2.45) is 7.05 Å². The number of aromatic nitrogens is 4. The minimum atomic E-state index is -0.363. The normalized spacial score (nSPS) is 15.7. The zero-order valence-corrected chi connectivity index (χ0v) is 26.1. The van der Waals surface area contributed by atoms with Gasteiger partial charge < -0.3 is 15.1 Å². The van der Waals surface area contributed by atoms with Gasteiger partial charge in [0.25, 0.3) is 11.5 Å². The molecule has 3 aromatic heterocycles. The van der Waals surface area contributed by atoms with E-state index in [1.165, 1.54) is 11.9 Å². The fourth-order valence-electron chi connectivity index (χ4n) is 5.43. The van der Waals surface area contributed by atoms with Gasteiger partial charge in [-0.3, -0.25) is 18.9 Å². The zero-order valence-electron chi connectivity index (χ0n) is 24.6. The molecule has 13 heteroatoms. The number of carbonyl (C=O) groups excluding carboxylic acids is 1. The summed E-state index contributed by atoms with van der Waals surface area (Å²) in [5, 5.41) is 13.2. The van der Waals surface area contributed by atoms with Crippen LogP contribution in [0, 0.1) is 18.3 Å². The second-order valence-corrected chi connectivity index (χ2v) is 11.6. The molecule has 11 nitrogen and oxygen atoms in total. The number of nitriles is 1. The van der Waals surface area contributed by atoms with E-state index in [0.717, 1.165) is 16.9 Å². The average molecular weight is 618 g/mol. The van der Waals surface area contributed by atoms with E-state index < -0.39 is 0 Å². The van der Waals surface area contributed by atoms with Gasteiger partial charge in [0.15, 0.2) is 5.69 Å². The number of nitrogens with zero attached hydrogens (tertiary/aromatic N) is 7. The van der Waals surface area contributed by atoms with Crippen molar-refractivity contribution in [2.75, 3.05) is 41.0 Å². The van der Waals surface area contributed by atoms with Gasteiger partial charge in [-0.05, 0) is 56.7 Å². The number of fused-ring (bicyclic) bond motifs is 1. The third-order valence-corrected chi connectivity index (χ3v) is 8.12. The summed E-state index contributed by atoms with van der Waals surface area (Å²) >= 11 is 7.28. The summed E-state index contributed by atoms with van der Waals surface area (Å²) in [6.07, 6.45) is 3.34. The number of halogens is 1. The Morgan fingerprint density at radius 1 is 1.21 bits per heavy atom. The van der Waals surface area contributed by atoms with Crippen molar-refractivity contribution in [1.82, 2.24) is 24.2 Å². The van der Waals surface area contributed by atoms with Gasteiger partial charge in [-0.25, -0.2) is 15.0 Å². The first-order chi connectivity index (χ1) is 20.6. The molecule has 0 radical (unpaired) electrons. The van der Waals surface area contributed by atoms with Crippen LogP contribution >= 0.6 is 23.5 Å². The Morgan fingerprint density at radius 3 is 2.67 bits per heavy atom. The first-order valence-electron chi connectivity index (χ1n) is 13.8. The van der Waals surface area contributed by atoms with E-state index in [2.05, 4.69) is 42.8 Å². The molecular weight excluding hydrogens is 586 g/mol. The molecule has 1 fully saturated rings. The highest BCUT2D eigenvalue weighted by molar-refractivity contribution is 7.97. The molecule has 4 heterocycles. The number of carbonyl (C=O) groups is 1. The van der Waals surface area contributed by atoms with Gasteiger partial charge >= 0.3 is 0 Å². The van der Waals surface area contributed by atoms with Crippen molar-refractivity contribution in [3.63, 3.8) is 0 Å². The molecule has 0 bridgehead atoms. The maximum Gasteiger partial charge on any atom is 0.281 e. The standard InChI is InChI=1S/C30H32ClN9O2S/c1-17-12-21(19(3)34-23-7-8-24(31)35-27(23)28(41)37-43-5)26-22(13-17)29(42)38(4)30(36-26)39-10-11-40(18(2)16-39)25-9-6-20(14-32)15-33-25/h6-9,12-13,15,18-19,34H,10-11,16H2,1-5H3,(H,37,41). The Morgan fingerprint density at radius 2 is 2.00 bits per heavy atom. The summed E-state index contributed by atoms with van der Waals surface area (Å²) in [4.78, 5) is 44.5. The Labute approximate surface area is 259 Å². The van der Waals surface area contributed by atoms with Crippen LogP contribution in [0.5, 0.6) is 0 Å². The summed E-state index contributed by atoms with van der Waals surface area (Å²) in [5.41, 5.74) is 3.44. The number of benzene rings is 1. The van der Waals surface area contributed by atoms with Crippen LogP contribution in [0.3, 0.4) is 0 Å². The molecule has 0 aliphatic carbocycles. The van der Waals surface area contributed by atoms with Crippen LogP contribution in [0.15, 0.2) is 47.4 Å². The minimum absolute atomic E-state index is 0.0862. The number of hydrogen-bond donors (Lipinski definition) is 2. The maximum atomic E-state index is 13.7. The number of rotatable bonds is 7. The van der Waals surface area contributed by atoms with Crippen molar-refractivity contribution in [3.8, 4) is 6.07 Å². The van der Waals surface area contributed by atoms with E-state index >= 15 is 0 Å². The number of pyridine rings is 2. The lowest BCUT2D eigenvalue weighted by molar-refractivity contribution is 0.0980. The number of amides is 1. The van der Waals surface area contributed by atoms with Gasteiger partial charge in [0.2, 0.25) is 5.95 Å².